The SMILES string of the molecule is C[C@]1(Cn2nncc2-c2ccccc2)[C@H](C(=O)[O-])N2C(=O)C[C@H]2S1(=O)=O.[Na+]. The number of hydrogen-bond donors (Lipinski definition) is 0. The third-order valence-electron chi connectivity index (χ3n) is 5.19. The molecule has 0 bridgehead atoms. The number of β-lactam (4-membered cyclic amide) rings is 1. The van der Waals surface area contributed by atoms with Crippen LogP contribution in [0.2, 0.25) is 0 Å². The smallest absolute Gasteiger partial charge is 0.548 e. The number of benzene rings is 1. The molecule has 27 heavy (non-hydrogen) atoms. The maximum Gasteiger partial charge on any atom is 1.00 e. The van der Waals surface area contributed by atoms with Crippen LogP contribution in [0.4, 0.5) is 0 Å². The van der Waals surface area contributed by atoms with Gasteiger partial charge in [-0.2, -0.15) is 0 Å². The molecule has 1 aromatic heterocycles. The number of carbonyl (C=O) groups is 2. The average molecular weight is 398 g/mol. The maximum atomic E-state index is 13.0. The van der Waals surface area contributed by atoms with E-state index in [1.165, 1.54) is 17.8 Å². The van der Waals surface area contributed by atoms with E-state index < -0.39 is 37.9 Å². The van der Waals surface area contributed by atoms with Crippen molar-refractivity contribution in [2.45, 2.75) is 36.1 Å². The number of fused-ring (bicyclic) bond motifs is 1. The number of aromatic nitrogens is 3. The van der Waals surface area contributed by atoms with Crippen LogP contribution in [-0.2, 0) is 26.0 Å². The molecular formula is C16H15N4NaO5S. The molecule has 2 aliphatic heterocycles. The number of carboxylic acid groups (broad SMARTS) is 1. The fourth-order valence-electron chi connectivity index (χ4n) is 3.77. The summed E-state index contributed by atoms with van der Waals surface area (Å²) < 4.78 is 25.5. The van der Waals surface area contributed by atoms with Crippen LogP contribution in [0.1, 0.15) is 13.3 Å². The number of sulfone groups is 1. The van der Waals surface area contributed by atoms with Crippen LogP contribution in [0.25, 0.3) is 11.3 Å². The van der Waals surface area contributed by atoms with Crippen molar-refractivity contribution < 1.29 is 52.7 Å². The van der Waals surface area contributed by atoms with Gasteiger partial charge in [0, 0.05) is 5.56 Å². The van der Waals surface area contributed by atoms with Gasteiger partial charge in [0.15, 0.2) is 9.84 Å². The van der Waals surface area contributed by atoms with Crippen molar-refractivity contribution in [1.29, 1.82) is 0 Å². The molecule has 11 heteroatoms. The summed E-state index contributed by atoms with van der Waals surface area (Å²) in [5.41, 5.74) is 1.32. The number of amides is 1. The summed E-state index contributed by atoms with van der Waals surface area (Å²) in [5, 5.41) is 18.4. The van der Waals surface area contributed by atoms with Gasteiger partial charge in [-0.25, -0.2) is 13.1 Å². The van der Waals surface area contributed by atoms with Gasteiger partial charge in [0.2, 0.25) is 5.91 Å². The Hall–Kier alpha value is -1.75. The molecule has 1 aromatic carbocycles. The molecule has 0 saturated carbocycles. The number of nitrogens with zero attached hydrogens (tertiary/aromatic N) is 4. The second-order valence-corrected chi connectivity index (χ2v) is 9.25. The summed E-state index contributed by atoms with van der Waals surface area (Å²) in [6.45, 7) is 1.07. The summed E-state index contributed by atoms with van der Waals surface area (Å²) in [5.74, 6) is -2.09. The fraction of sp³-hybridized carbons (Fsp3) is 0.375. The minimum absolute atomic E-state index is 0. The third kappa shape index (κ3) is 2.74. The van der Waals surface area contributed by atoms with Crippen molar-refractivity contribution in [3.8, 4) is 11.3 Å². The van der Waals surface area contributed by atoms with Crippen LogP contribution in [-0.4, -0.2) is 56.4 Å². The standard InChI is InChI=1S/C16H16N4O5S.Na/c1-16(9-19-11(8-17-18-19)10-5-3-2-4-6-10)14(15(22)23)20-12(21)7-13(20)26(16,24)25;/h2-6,8,13-14H,7,9H2,1H3,(H,22,23);/q;+1/p-1/t13-,14+,16+;/m1./s1. The van der Waals surface area contributed by atoms with Crippen molar-refractivity contribution >= 4 is 21.7 Å². The van der Waals surface area contributed by atoms with Crippen LogP contribution < -0.4 is 34.7 Å². The molecule has 0 N–H and O–H groups in total. The van der Waals surface area contributed by atoms with Crippen molar-refractivity contribution in [2.24, 2.45) is 0 Å². The van der Waals surface area contributed by atoms with E-state index in [1.807, 2.05) is 30.3 Å². The van der Waals surface area contributed by atoms with E-state index in [9.17, 15) is 23.1 Å². The van der Waals surface area contributed by atoms with Gasteiger partial charge in [0.25, 0.3) is 0 Å². The van der Waals surface area contributed by atoms with Crippen LogP contribution >= 0.6 is 0 Å². The van der Waals surface area contributed by atoms with Gasteiger partial charge in [-0.05, 0) is 6.92 Å². The number of rotatable bonds is 4. The van der Waals surface area contributed by atoms with E-state index in [-0.39, 0.29) is 42.5 Å². The van der Waals surface area contributed by atoms with Gasteiger partial charge in [0.1, 0.15) is 10.1 Å². The molecule has 2 fully saturated rings. The Balaban J connectivity index is 0.00000210. The molecule has 2 aromatic rings. The predicted octanol–water partition coefficient (Wildman–Crippen LogP) is -4.19. The van der Waals surface area contributed by atoms with E-state index in [4.69, 9.17) is 0 Å². The number of aliphatic carboxylic acids is 1. The zero-order valence-corrected chi connectivity index (χ0v) is 17.6. The summed E-state index contributed by atoms with van der Waals surface area (Å²) in [6, 6.07) is 7.53. The first kappa shape index (κ1) is 20.0. The first-order valence-corrected chi connectivity index (χ1v) is 9.51. The monoisotopic (exact) mass is 398 g/mol. The van der Waals surface area contributed by atoms with Crippen LogP contribution in [0.15, 0.2) is 36.5 Å². The topological polar surface area (TPSA) is 125 Å². The molecule has 3 atom stereocenters. The molecule has 0 radical (unpaired) electrons. The van der Waals surface area contributed by atoms with E-state index in [0.717, 1.165) is 10.5 Å². The molecule has 3 heterocycles. The van der Waals surface area contributed by atoms with E-state index in [2.05, 4.69) is 10.3 Å². The van der Waals surface area contributed by atoms with E-state index >= 15 is 0 Å². The number of carbonyl (C=O) groups excluding carboxylic acids is 2. The fourth-order valence-corrected chi connectivity index (χ4v) is 6.12. The van der Waals surface area contributed by atoms with Gasteiger partial charge in [0.05, 0.1) is 36.9 Å². The number of carboxylic acids is 1. The Morgan fingerprint density at radius 2 is 2.00 bits per heavy atom. The molecule has 136 valence electrons. The van der Waals surface area contributed by atoms with Gasteiger partial charge in [-0.15, -0.1) is 5.10 Å². The number of hydrogen-bond acceptors (Lipinski definition) is 7. The largest absolute Gasteiger partial charge is 1.00 e. The summed E-state index contributed by atoms with van der Waals surface area (Å²) >= 11 is 0. The molecule has 1 amide bonds. The Kier molecular flexibility index (Phi) is 4.96. The first-order valence-electron chi connectivity index (χ1n) is 7.97. The van der Waals surface area contributed by atoms with Crippen LogP contribution in [0.3, 0.4) is 0 Å². The normalized spacial score (nSPS) is 28.2. The molecule has 0 unspecified atom stereocenters. The second kappa shape index (κ2) is 6.69. The molecule has 0 spiro atoms. The quantitative estimate of drug-likeness (QED) is 0.378. The van der Waals surface area contributed by atoms with Crippen molar-refractivity contribution in [3.63, 3.8) is 0 Å². The molecule has 0 aliphatic carbocycles. The minimum atomic E-state index is -3.93. The van der Waals surface area contributed by atoms with Crippen molar-refractivity contribution in [3.05, 3.63) is 36.5 Å². The third-order valence-corrected chi connectivity index (χ3v) is 7.95. The van der Waals surface area contributed by atoms with Crippen molar-refractivity contribution in [2.75, 3.05) is 0 Å². The Bertz CT molecular complexity index is 1010. The first-order chi connectivity index (χ1) is 12.3. The van der Waals surface area contributed by atoms with E-state index in [1.54, 1.807) is 0 Å². The molecular weight excluding hydrogens is 383 g/mol. The summed E-state index contributed by atoms with van der Waals surface area (Å²) in [6.07, 6.45) is 1.28. The predicted molar refractivity (Wildman–Crippen MR) is 86.8 cm³/mol. The van der Waals surface area contributed by atoms with Crippen LogP contribution in [0, 0.1) is 0 Å². The summed E-state index contributed by atoms with van der Waals surface area (Å²) in [7, 11) is -3.93. The Morgan fingerprint density at radius 3 is 2.59 bits per heavy atom. The zero-order valence-electron chi connectivity index (χ0n) is 14.8. The maximum absolute atomic E-state index is 13.0. The van der Waals surface area contributed by atoms with Gasteiger partial charge in [-0.1, -0.05) is 35.5 Å². The molecule has 2 aliphatic rings. The van der Waals surface area contributed by atoms with Gasteiger partial charge < -0.3 is 14.8 Å². The average Bonchev–Trinajstić information content (AvgIpc) is 3.09. The van der Waals surface area contributed by atoms with Crippen molar-refractivity contribution in [1.82, 2.24) is 19.9 Å². The zero-order chi connectivity index (χ0) is 18.7. The minimum Gasteiger partial charge on any atom is -0.548 e. The second-order valence-electron chi connectivity index (χ2n) is 6.68. The van der Waals surface area contributed by atoms with Gasteiger partial charge in [-0.3, -0.25) is 4.79 Å². The van der Waals surface area contributed by atoms with E-state index in [0.29, 0.717) is 5.69 Å². The Labute approximate surface area is 177 Å². The van der Waals surface area contributed by atoms with Crippen LogP contribution in [0.5, 0.6) is 0 Å². The Morgan fingerprint density at radius 1 is 1.33 bits per heavy atom. The summed E-state index contributed by atoms with van der Waals surface area (Å²) in [4.78, 5) is 24.4. The molecule has 2 saturated heterocycles. The van der Waals surface area contributed by atoms with Gasteiger partial charge >= 0.3 is 29.6 Å². The molecule has 9 nitrogen and oxygen atoms in total. The molecule has 4 rings (SSSR count).